The third-order valence-corrected chi connectivity index (χ3v) is 8.95. The fraction of sp³-hybridized carbons (Fsp3) is 0.619. The van der Waals surface area contributed by atoms with Gasteiger partial charge in [0.2, 0.25) is 21.8 Å². The van der Waals surface area contributed by atoms with E-state index in [0.29, 0.717) is 30.9 Å². The van der Waals surface area contributed by atoms with Gasteiger partial charge in [-0.05, 0) is 75.8 Å². The summed E-state index contributed by atoms with van der Waals surface area (Å²) in [6, 6.07) is 0.502. The van der Waals surface area contributed by atoms with Crippen molar-refractivity contribution < 1.29 is 31.2 Å². The molecule has 4 aliphatic carbocycles. The summed E-state index contributed by atoms with van der Waals surface area (Å²) in [6.07, 6.45) is 3.72. The standard InChI is InChI=1S/C21H26F3N3O4S/c1-20(2,27-32(30,31)13-5-14(22)16(24)15(23)6-13)19(29)26-17-11-3-10-4-12(17)9-21(7-10,8-11)18(25)28/h5-6,10-12,17,27H,3-4,7-9H2,1-2H3,(H2,25,28)(H,26,29). The van der Waals surface area contributed by atoms with Crippen LogP contribution in [-0.2, 0) is 19.6 Å². The van der Waals surface area contributed by atoms with Gasteiger partial charge < -0.3 is 11.1 Å². The fourth-order valence-corrected chi connectivity index (χ4v) is 7.42. The van der Waals surface area contributed by atoms with E-state index in [1.807, 2.05) is 0 Å². The highest BCUT2D eigenvalue weighted by Crippen LogP contribution is 2.59. The Kier molecular flexibility index (Phi) is 5.36. The number of halogens is 3. The molecule has 4 aliphatic rings. The van der Waals surface area contributed by atoms with Crippen LogP contribution in [0.2, 0.25) is 0 Å². The second-order valence-electron chi connectivity index (χ2n) is 10.0. The molecule has 0 saturated heterocycles. The Morgan fingerprint density at radius 3 is 2.09 bits per heavy atom. The SMILES string of the molecule is CC(C)(NS(=O)(=O)c1cc(F)c(F)c(F)c1)C(=O)NC1C2CC3CC1CC(C(N)=O)(C3)C2. The molecule has 0 aromatic heterocycles. The highest BCUT2D eigenvalue weighted by molar-refractivity contribution is 7.89. The van der Waals surface area contributed by atoms with Crippen molar-refractivity contribution in [2.24, 2.45) is 28.9 Å². The lowest BCUT2D eigenvalue weighted by molar-refractivity contribution is -0.148. The Morgan fingerprint density at radius 2 is 1.59 bits per heavy atom. The summed E-state index contributed by atoms with van der Waals surface area (Å²) in [6.45, 7) is 2.66. The number of benzene rings is 1. The van der Waals surface area contributed by atoms with Gasteiger partial charge in [0.05, 0.1) is 4.90 Å². The number of nitrogens with one attached hydrogen (secondary N) is 2. The number of rotatable bonds is 6. The molecule has 4 saturated carbocycles. The van der Waals surface area contributed by atoms with Gasteiger partial charge in [0.25, 0.3) is 0 Å². The summed E-state index contributed by atoms with van der Waals surface area (Å²) in [4.78, 5) is 24.3. The van der Waals surface area contributed by atoms with E-state index < -0.39 is 49.2 Å². The first-order valence-corrected chi connectivity index (χ1v) is 12.0. The molecule has 2 amide bonds. The predicted octanol–water partition coefficient (Wildman–Crippen LogP) is 1.96. The average molecular weight is 474 g/mol. The smallest absolute Gasteiger partial charge is 0.241 e. The number of sulfonamides is 1. The summed E-state index contributed by atoms with van der Waals surface area (Å²) in [7, 11) is -4.53. The van der Waals surface area contributed by atoms with Gasteiger partial charge in [-0.15, -0.1) is 0 Å². The Labute approximate surface area is 184 Å². The van der Waals surface area contributed by atoms with Crippen molar-refractivity contribution in [3.05, 3.63) is 29.6 Å². The number of carbonyl (C=O) groups excluding carboxylic acids is 2. The zero-order chi connectivity index (χ0) is 23.6. The normalized spacial score (nSPS) is 31.5. The Hall–Kier alpha value is -2.14. The van der Waals surface area contributed by atoms with Crippen LogP contribution in [0.25, 0.3) is 0 Å². The molecule has 11 heteroatoms. The van der Waals surface area contributed by atoms with E-state index in [1.54, 1.807) is 0 Å². The van der Waals surface area contributed by atoms with Crippen LogP contribution in [0.1, 0.15) is 46.0 Å². The molecular formula is C21H26F3N3O4S. The Balaban J connectivity index is 1.50. The van der Waals surface area contributed by atoms with E-state index in [-0.39, 0.29) is 23.8 Å². The maximum atomic E-state index is 13.5. The van der Waals surface area contributed by atoms with Gasteiger partial charge in [0.15, 0.2) is 17.5 Å². The van der Waals surface area contributed by atoms with Crippen molar-refractivity contribution in [3.8, 4) is 0 Å². The van der Waals surface area contributed by atoms with Crippen molar-refractivity contribution in [3.63, 3.8) is 0 Å². The minimum atomic E-state index is -4.53. The van der Waals surface area contributed by atoms with Gasteiger partial charge in [0, 0.05) is 11.5 Å². The van der Waals surface area contributed by atoms with Crippen molar-refractivity contribution >= 4 is 21.8 Å². The molecule has 1 aromatic rings. The number of nitrogens with two attached hydrogens (primary N) is 1. The average Bonchev–Trinajstić information content (AvgIpc) is 2.66. The molecule has 4 bridgehead atoms. The zero-order valence-electron chi connectivity index (χ0n) is 17.8. The molecule has 0 aliphatic heterocycles. The first-order valence-electron chi connectivity index (χ1n) is 10.5. The lowest BCUT2D eigenvalue weighted by Crippen LogP contribution is -2.65. The van der Waals surface area contributed by atoms with E-state index in [9.17, 15) is 31.2 Å². The molecular weight excluding hydrogens is 447 g/mol. The highest BCUT2D eigenvalue weighted by Gasteiger charge is 2.58. The molecule has 2 unspecified atom stereocenters. The highest BCUT2D eigenvalue weighted by atomic mass is 32.2. The minimum absolute atomic E-state index is 0.0744. The molecule has 7 nitrogen and oxygen atoms in total. The lowest BCUT2D eigenvalue weighted by atomic mass is 9.47. The van der Waals surface area contributed by atoms with Crippen molar-refractivity contribution in [2.75, 3.05) is 0 Å². The number of primary amides is 1. The number of hydrogen-bond donors (Lipinski definition) is 3. The summed E-state index contributed by atoms with van der Waals surface area (Å²) < 4.78 is 67.6. The van der Waals surface area contributed by atoms with Crippen LogP contribution in [0.5, 0.6) is 0 Å². The molecule has 176 valence electrons. The van der Waals surface area contributed by atoms with Crippen molar-refractivity contribution in [1.29, 1.82) is 0 Å². The van der Waals surface area contributed by atoms with Gasteiger partial charge in [-0.3, -0.25) is 9.59 Å². The summed E-state index contributed by atoms with van der Waals surface area (Å²) in [5.74, 6) is -5.44. The zero-order valence-corrected chi connectivity index (χ0v) is 18.6. The Morgan fingerprint density at radius 1 is 1.06 bits per heavy atom. The fourth-order valence-electron chi connectivity index (χ4n) is 6.02. The lowest BCUT2D eigenvalue weighted by Gasteiger charge is -2.59. The molecule has 2 atom stereocenters. The monoisotopic (exact) mass is 473 g/mol. The minimum Gasteiger partial charge on any atom is -0.369 e. The van der Waals surface area contributed by atoms with Crippen LogP contribution in [0.3, 0.4) is 0 Å². The molecule has 1 aromatic carbocycles. The van der Waals surface area contributed by atoms with Crippen molar-refractivity contribution in [1.82, 2.24) is 10.0 Å². The molecule has 0 spiro atoms. The van der Waals surface area contributed by atoms with E-state index in [0.717, 1.165) is 19.3 Å². The van der Waals surface area contributed by atoms with Crippen molar-refractivity contribution in [2.45, 2.75) is 62.4 Å². The molecule has 4 fully saturated rings. The van der Waals surface area contributed by atoms with E-state index >= 15 is 0 Å². The number of hydrogen-bond acceptors (Lipinski definition) is 4. The topological polar surface area (TPSA) is 118 Å². The third kappa shape index (κ3) is 3.79. The van der Waals surface area contributed by atoms with Gasteiger partial charge in [-0.2, -0.15) is 4.72 Å². The second kappa shape index (κ2) is 7.44. The molecule has 0 heterocycles. The van der Waals surface area contributed by atoms with E-state index in [4.69, 9.17) is 5.73 Å². The van der Waals surface area contributed by atoms with E-state index in [2.05, 4.69) is 10.0 Å². The second-order valence-corrected chi connectivity index (χ2v) is 11.7. The van der Waals surface area contributed by atoms with Gasteiger partial charge >= 0.3 is 0 Å². The van der Waals surface area contributed by atoms with E-state index in [1.165, 1.54) is 13.8 Å². The number of carbonyl (C=O) groups is 2. The van der Waals surface area contributed by atoms with Crippen LogP contribution < -0.4 is 15.8 Å². The Bertz CT molecular complexity index is 1050. The van der Waals surface area contributed by atoms with Crippen LogP contribution in [0, 0.1) is 40.6 Å². The van der Waals surface area contributed by atoms with Crippen LogP contribution >= 0.6 is 0 Å². The van der Waals surface area contributed by atoms with Crippen LogP contribution in [0.4, 0.5) is 13.2 Å². The summed E-state index contributed by atoms with van der Waals surface area (Å²) in [5.41, 5.74) is 3.50. The van der Waals surface area contributed by atoms with Crippen LogP contribution in [0.15, 0.2) is 17.0 Å². The maximum Gasteiger partial charge on any atom is 0.241 e. The summed E-state index contributed by atoms with van der Waals surface area (Å²) in [5, 5.41) is 2.94. The third-order valence-electron chi connectivity index (χ3n) is 7.32. The summed E-state index contributed by atoms with van der Waals surface area (Å²) >= 11 is 0. The molecule has 0 radical (unpaired) electrons. The quantitative estimate of drug-likeness (QED) is 0.548. The molecule has 4 N–H and O–H groups in total. The number of amides is 2. The first-order chi connectivity index (χ1) is 14.7. The van der Waals surface area contributed by atoms with Gasteiger partial charge in [-0.25, -0.2) is 21.6 Å². The van der Waals surface area contributed by atoms with Gasteiger partial charge in [-0.1, -0.05) is 0 Å². The first kappa shape index (κ1) is 23.0. The van der Waals surface area contributed by atoms with Gasteiger partial charge in [0.1, 0.15) is 5.54 Å². The predicted molar refractivity (Wildman–Crippen MR) is 108 cm³/mol. The largest absolute Gasteiger partial charge is 0.369 e. The molecule has 32 heavy (non-hydrogen) atoms. The maximum absolute atomic E-state index is 13.5. The molecule has 5 rings (SSSR count). The van der Waals surface area contributed by atoms with Crippen LogP contribution in [-0.4, -0.2) is 31.8 Å².